The average Bonchev–Trinajstić information content (AvgIpc) is 2.70. The number of carbonyl (C=O) groups is 1. The number of carbonyl (C=O) groups excluding carboxylic acids is 1. The number of aromatic nitrogens is 2. The second-order valence-electron chi connectivity index (χ2n) is 3.58. The summed E-state index contributed by atoms with van der Waals surface area (Å²) in [4.78, 5) is 15.9. The summed E-state index contributed by atoms with van der Waals surface area (Å²) >= 11 is 6.66. The highest BCUT2D eigenvalue weighted by molar-refractivity contribution is 9.11. The minimum Gasteiger partial charge on any atom is -0.343 e. The third-order valence-electron chi connectivity index (χ3n) is 2.09. The van der Waals surface area contributed by atoms with Gasteiger partial charge in [-0.25, -0.2) is 0 Å². The normalized spacial score (nSPS) is 10.4. The molecule has 0 spiro atoms. The number of amides is 1. The molecule has 1 heterocycles. The van der Waals surface area contributed by atoms with Gasteiger partial charge in [-0.3, -0.25) is 4.79 Å². The number of nitrogens with zero attached hydrogens (tertiary/aromatic N) is 2. The maximum Gasteiger partial charge on any atom is 0.251 e. The van der Waals surface area contributed by atoms with Crippen molar-refractivity contribution in [2.75, 3.05) is 0 Å². The van der Waals surface area contributed by atoms with Gasteiger partial charge in [0, 0.05) is 14.5 Å². The van der Waals surface area contributed by atoms with Crippen LogP contribution in [-0.2, 0) is 6.54 Å². The van der Waals surface area contributed by atoms with E-state index in [4.69, 9.17) is 4.52 Å². The zero-order chi connectivity index (χ0) is 13.1. The van der Waals surface area contributed by atoms with Crippen molar-refractivity contribution in [2.24, 2.45) is 0 Å². The average molecular weight is 375 g/mol. The summed E-state index contributed by atoms with van der Waals surface area (Å²) in [6, 6.07) is 5.33. The number of hydrogen-bond acceptors (Lipinski definition) is 4. The maximum atomic E-state index is 11.9. The van der Waals surface area contributed by atoms with Crippen molar-refractivity contribution < 1.29 is 9.32 Å². The molecular formula is C11H9Br2N3O2. The fraction of sp³-hybridized carbons (Fsp3) is 0.182. The van der Waals surface area contributed by atoms with Gasteiger partial charge in [-0.2, -0.15) is 4.98 Å². The minimum atomic E-state index is -0.201. The van der Waals surface area contributed by atoms with Crippen molar-refractivity contribution in [2.45, 2.75) is 13.5 Å². The van der Waals surface area contributed by atoms with Crippen molar-refractivity contribution in [3.8, 4) is 0 Å². The molecule has 2 rings (SSSR count). The van der Waals surface area contributed by atoms with Crippen molar-refractivity contribution >= 4 is 37.8 Å². The highest BCUT2D eigenvalue weighted by atomic mass is 79.9. The maximum absolute atomic E-state index is 11.9. The summed E-state index contributed by atoms with van der Waals surface area (Å²) in [7, 11) is 0. The van der Waals surface area contributed by atoms with Crippen LogP contribution in [0.5, 0.6) is 0 Å². The largest absolute Gasteiger partial charge is 0.343 e. The van der Waals surface area contributed by atoms with E-state index in [0.717, 1.165) is 8.95 Å². The number of aryl methyl sites for hydroxylation is 1. The summed E-state index contributed by atoms with van der Waals surface area (Å²) in [5.74, 6) is 0.729. The predicted molar refractivity (Wildman–Crippen MR) is 72.0 cm³/mol. The molecule has 0 saturated heterocycles. The van der Waals surface area contributed by atoms with E-state index in [0.29, 0.717) is 17.3 Å². The van der Waals surface area contributed by atoms with Crippen LogP contribution in [0.4, 0.5) is 0 Å². The Morgan fingerprint density at radius 3 is 2.56 bits per heavy atom. The molecule has 1 amide bonds. The van der Waals surface area contributed by atoms with Crippen molar-refractivity contribution in [3.05, 3.63) is 44.4 Å². The van der Waals surface area contributed by atoms with E-state index < -0.39 is 0 Å². The van der Waals surface area contributed by atoms with Gasteiger partial charge < -0.3 is 9.84 Å². The van der Waals surface area contributed by atoms with E-state index in [-0.39, 0.29) is 12.5 Å². The Balaban J connectivity index is 2.03. The molecule has 0 fully saturated rings. The molecule has 0 saturated carbocycles. The molecule has 1 aromatic carbocycles. The van der Waals surface area contributed by atoms with Gasteiger partial charge in [0.1, 0.15) is 0 Å². The number of nitrogens with one attached hydrogen (secondary N) is 1. The molecular weight excluding hydrogens is 366 g/mol. The van der Waals surface area contributed by atoms with Crippen LogP contribution in [0.3, 0.4) is 0 Å². The summed E-state index contributed by atoms with van der Waals surface area (Å²) in [5, 5.41) is 6.35. The lowest BCUT2D eigenvalue weighted by molar-refractivity contribution is 0.0946. The summed E-state index contributed by atoms with van der Waals surface area (Å²) in [6.45, 7) is 1.93. The lowest BCUT2D eigenvalue weighted by atomic mass is 10.2. The third kappa shape index (κ3) is 3.39. The summed E-state index contributed by atoms with van der Waals surface area (Å²) in [5.41, 5.74) is 0.549. The van der Waals surface area contributed by atoms with Gasteiger partial charge >= 0.3 is 0 Å². The number of benzene rings is 1. The molecule has 18 heavy (non-hydrogen) atoms. The van der Waals surface area contributed by atoms with Crippen molar-refractivity contribution in [3.63, 3.8) is 0 Å². The Kier molecular flexibility index (Phi) is 4.13. The van der Waals surface area contributed by atoms with E-state index in [1.807, 2.05) is 6.07 Å². The van der Waals surface area contributed by atoms with Crippen molar-refractivity contribution in [1.29, 1.82) is 0 Å². The number of halogens is 2. The van der Waals surface area contributed by atoms with Crippen LogP contribution >= 0.6 is 31.9 Å². The van der Waals surface area contributed by atoms with Crippen LogP contribution in [0.1, 0.15) is 22.1 Å². The fourth-order valence-corrected chi connectivity index (χ4v) is 2.65. The molecule has 1 N–H and O–H groups in total. The SMILES string of the molecule is Cc1noc(CNC(=O)c2cc(Br)cc(Br)c2)n1. The standard InChI is InChI=1S/C11H9Br2N3O2/c1-6-15-10(18-16-6)5-14-11(17)7-2-8(12)4-9(13)3-7/h2-4H,5H2,1H3,(H,14,17). The Bertz CT molecular complexity index is 563. The first-order chi connectivity index (χ1) is 8.54. The molecule has 1 aromatic heterocycles. The van der Waals surface area contributed by atoms with Gasteiger partial charge in [-0.15, -0.1) is 0 Å². The second kappa shape index (κ2) is 5.62. The lowest BCUT2D eigenvalue weighted by Gasteiger charge is -2.03. The molecule has 0 unspecified atom stereocenters. The minimum absolute atomic E-state index is 0.201. The molecule has 0 radical (unpaired) electrons. The zero-order valence-corrected chi connectivity index (χ0v) is 12.6. The molecule has 2 aromatic rings. The number of hydrogen-bond donors (Lipinski definition) is 1. The van der Waals surface area contributed by atoms with Crippen LogP contribution in [0.2, 0.25) is 0 Å². The molecule has 94 valence electrons. The monoisotopic (exact) mass is 373 g/mol. The predicted octanol–water partition coefficient (Wildman–Crippen LogP) is 2.83. The molecule has 5 nitrogen and oxygen atoms in total. The molecule has 0 atom stereocenters. The Hall–Kier alpha value is -1.21. The van der Waals surface area contributed by atoms with Gasteiger partial charge in [0.25, 0.3) is 5.91 Å². The van der Waals surface area contributed by atoms with E-state index in [9.17, 15) is 4.79 Å². The first-order valence-corrected chi connectivity index (χ1v) is 6.66. The molecule has 7 heteroatoms. The molecule has 0 aliphatic rings. The summed E-state index contributed by atoms with van der Waals surface area (Å²) < 4.78 is 6.56. The zero-order valence-electron chi connectivity index (χ0n) is 9.41. The third-order valence-corrected chi connectivity index (χ3v) is 3.01. The van der Waals surface area contributed by atoms with E-state index >= 15 is 0 Å². The van der Waals surface area contributed by atoms with Gasteiger partial charge in [-0.05, 0) is 25.1 Å². The Morgan fingerprint density at radius 1 is 1.33 bits per heavy atom. The Morgan fingerprint density at radius 2 is 2.00 bits per heavy atom. The smallest absolute Gasteiger partial charge is 0.251 e. The van der Waals surface area contributed by atoms with E-state index in [2.05, 4.69) is 47.3 Å². The molecule has 0 bridgehead atoms. The highest BCUT2D eigenvalue weighted by Gasteiger charge is 2.09. The summed E-state index contributed by atoms with van der Waals surface area (Å²) in [6.07, 6.45) is 0. The van der Waals surface area contributed by atoms with Crippen LogP contribution in [0, 0.1) is 6.92 Å². The van der Waals surface area contributed by atoms with Gasteiger partial charge in [0.2, 0.25) is 5.89 Å². The van der Waals surface area contributed by atoms with Gasteiger partial charge in [0.15, 0.2) is 5.82 Å². The van der Waals surface area contributed by atoms with E-state index in [1.54, 1.807) is 19.1 Å². The molecule has 0 aliphatic heterocycles. The first-order valence-electron chi connectivity index (χ1n) is 5.08. The Labute approximate surface area is 120 Å². The topological polar surface area (TPSA) is 68.0 Å². The molecule has 0 aliphatic carbocycles. The fourth-order valence-electron chi connectivity index (χ4n) is 1.35. The van der Waals surface area contributed by atoms with Gasteiger partial charge in [-0.1, -0.05) is 37.0 Å². The van der Waals surface area contributed by atoms with Crippen LogP contribution in [-0.4, -0.2) is 16.0 Å². The number of rotatable bonds is 3. The lowest BCUT2D eigenvalue weighted by Crippen LogP contribution is -2.23. The van der Waals surface area contributed by atoms with Crippen molar-refractivity contribution in [1.82, 2.24) is 15.5 Å². The van der Waals surface area contributed by atoms with Crippen LogP contribution in [0.25, 0.3) is 0 Å². The van der Waals surface area contributed by atoms with Gasteiger partial charge in [0.05, 0.1) is 6.54 Å². The van der Waals surface area contributed by atoms with E-state index in [1.165, 1.54) is 0 Å². The second-order valence-corrected chi connectivity index (χ2v) is 5.41. The first kappa shape index (κ1) is 13.2. The van der Waals surface area contributed by atoms with Crippen LogP contribution in [0.15, 0.2) is 31.7 Å². The van der Waals surface area contributed by atoms with Crippen LogP contribution < -0.4 is 5.32 Å². The quantitative estimate of drug-likeness (QED) is 0.896. The highest BCUT2D eigenvalue weighted by Crippen LogP contribution is 2.20.